The average Bonchev–Trinajstić information content (AvgIpc) is 3.12. The van der Waals surface area contributed by atoms with Crippen LogP contribution in [0.1, 0.15) is 41.3 Å². The Morgan fingerprint density at radius 3 is 2.50 bits per heavy atom. The fourth-order valence-electron chi connectivity index (χ4n) is 5.31. The molecular weight excluding hydrogens is 366 g/mol. The summed E-state index contributed by atoms with van der Waals surface area (Å²) < 4.78 is 0. The zero-order valence-electron chi connectivity index (χ0n) is 17.6. The number of aromatic nitrogens is 2. The number of rotatable bonds is 5. The fraction of sp³-hybridized carbons (Fsp3) is 0.296. The van der Waals surface area contributed by atoms with Crippen molar-refractivity contribution in [2.75, 3.05) is 13.1 Å². The van der Waals surface area contributed by atoms with Crippen molar-refractivity contribution in [2.24, 2.45) is 5.92 Å². The van der Waals surface area contributed by atoms with Crippen molar-refractivity contribution in [2.45, 2.75) is 32.2 Å². The molecule has 3 nitrogen and oxygen atoms in total. The molecule has 30 heavy (non-hydrogen) atoms. The van der Waals surface area contributed by atoms with Gasteiger partial charge in [0.05, 0.1) is 13.1 Å². The van der Waals surface area contributed by atoms with Crippen LogP contribution in [0.2, 0.25) is 0 Å². The van der Waals surface area contributed by atoms with Gasteiger partial charge >= 0.3 is 0 Å². The van der Waals surface area contributed by atoms with E-state index in [1.54, 1.807) is 4.90 Å². The third-order valence-corrected chi connectivity index (χ3v) is 6.77. The van der Waals surface area contributed by atoms with Gasteiger partial charge in [0.1, 0.15) is 6.04 Å². The quantitative estimate of drug-likeness (QED) is 0.512. The minimum absolute atomic E-state index is 0.326. The van der Waals surface area contributed by atoms with Gasteiger partial charge in [-0.1, -0.05) is 48.5 Å². The van der Waals surface area contributed by atoms with Crippen LogP contribution in [0.5, 0.6) is 0 Å². The Bertz CT molecular complexity index is 1090. The Hall–Kier alpha value is -2.91. The van der Waals surface area contributed by atoms with Crippen LogP contribution in [-0.2, 0) is 6.42 Å². The number of aryl methyl sites for hydroxylation is 1. The Balaban J connectivity index is 1.43. The van der Waals surface area contributed by atoms with Crippen molar-refractivity contribution >= 4 is 10.9 Å². The molecule has 3 heterocycles. The Morgan fingerprint density at radius 1 is 0.967 bits per heavy atom. The highest BCUT2D eigenvalue weighted by atomic mass is 15.2. The first-order valence-corrected chi connectivity index (χ1v) is 11.1. The summed E-state index contributed by atoms with van der Waals surface area (Å²) in [6.45, 7) is 4.63. The number of benzene rings is 2. The predicted octanol–water partition coefficient (Wildman–Crippen LogP) is 4.50. The number of hydrogen-bond donors (Lipinski definition) is 2. The maximum Gasteiger partial charge on any atom is 0.143 e. The largest absolute Gasteiger partial charge is 0.358 e. The Kier molecular flexibility index (Phi) is 5.37. The van der Waals surface area contributed by atoms with Gasteiger partial charge in [0.15, 0.2) is 0 Å². The number of piperidine rings is 1. The van der Waals surface area contributed by atoms with E-state index in [-0.39, 0.29) is 0 Å². The summed E-state index contributed by atoms with van der Waals surface area (Å²) in [7, 11) is 0. The second-order valence-corrected chi connectivity index (χ2v) is 8.72. The van der Waals surface area contributed by atoms with Crippen molar-refractivity contribution in [1.29, 1.82) is 0 Å². The lowest BCUT2D eigenvalue weighted by Gasteiger charge is -2.35. The van der Waals surface area contributed by atoms with Gasteiger partial charge in [-0.25, -0.2) is 0 Å². The maximum atomic E-state index is 4.47. The zero-order chi connectivity index (χ0) is 20.3. The van der Waals surface area contributed by atoms with Crippen LogP contribution in [0.15, 0.2) is 79.1 Å². The smallest absolute Gasteiger partial charge is 0.143 e. The van der Waals surface area contributed by atoms with Crippen LogP contribution < -0.4 is 4.90 Å². The first-order chi connectivity index (χ1) is 14.8. The average molecular weight is 397 g/mol. The first kappa shape index (κ1) is 19.1. The first-order valence-electron chi connectivity index (χ1n) is 11.1. The monoisotopic (exact) mass is 396 g/mol. The number of likely N-dealkylation sites (tertiary alicyclic amines) is 1. The van der Waals surface area contributed by atoms with Crippen LogP contribution in [0, 0.1) is 12.8 Å². The molecule has 4 aromatic rings. The van der Waals surface area contributed by atoms with E-state index in [1.165, 1.54) is 65.6 Å². The minimum Gasteiger partial charge on any atom is -0.358 e. The molecule has 152 valence electrons. The van der Waals surface area contributed by atoms with Crippen LogP contribution in [0.25, 0.3) is 10.9 Å². The fourth-order valence-corrected chi connectivity index (χ4v) is 5.31. The van der Waals surface area contributed by atoms with Gasteiger partial charge in [-0.3, -0.25) is 4.98 Å². The van der Waals surface area contributed by atoms with Gasteiger partial charge < -0.3 is 9.88 Å². The predicted molar refractivity (Wildman–Crippen MR) is 123 cm³/mol. The summed E-state index contributed by atoms with van der Waals surface area (Å²) in [4.78, 5) is 9.76. The van der Waals surface area contributed by atoms with Gasteiger partial charge in [0.25, 0.3) is 0 Å². The number of fused-ring (bicyclic) bond motifs is 1. The lowest BCUT2D eigenvalue weighted by Crippen LogP contribution is -3.13. The van der Waals surface area contributed by atoms with E-state index >= 15 is 0 Å². The minimum atomic E-state index is 0.326. The molecule has 0 saturated carbocycles. The third-order valence-electron chi connectivity index (χ3n) is 6.77. The number of para-hydroxylation sites is 1. The van der Waals surface area contributed by atoms with Crippen LogP contribution >= 0.6 is 0 Å². The van der Waals surface area contributed by atoms with Gasteiger partial charge in [0, 0.05) is 40.1 Å². The molecule has 0 bridgehead atoms. The molecule has 0 amide bonds. The Morgan fingerprint density at radius 2 is 1.73 bits per heavy atom. The molecule has 1 atom stereocenters. The highest BCUT2D eigenvalue weighted by Crippen LogP contribution is 2.31. The number of hydrogen-bond acceptors (Lipinski definition) is 1. The zero-order valence-corrected chi connectivity index (χ0v) is 17.6. The normalized spacial score (nSPS) is 20.3. The van der Waals surface area contributed by atoms with E-state index in [0.717, 1.165) is 5.92 Å². The van der Waals surface area contributed by atoms with Gasteiger partial charge in [-0.15, -0.1) is 0 Å². The van der Waals surface area contributed by atoms with E-state index < -0.39 is 0 Å². The molecule has 0 radical (unpaired) electrons. The molecule has 1 aliphatic heterocycles. The van der Waals surface area contributed by atoms with E-state index in [2.05, 4.69) is 89.8 Å². The number of pyridine rings is 1. The molecular formula is C27H30N3+. The molecule has 1 saturated heterocycles. The highest BCUT2D eigenvalue weighted by Gasteiger charge is 2.33. The lowest BCUT2D eigenvalue weighted by molar-refractivity contribution is -0.931. The van der Waals surface area contributed by atoms with E-state index in [9.17, 15) is 0 Å². The van der Waals surface area contributed by atoms with Crippen LogP contribution in [0.3, 0.4) is 0 Å². The molecule has 2 aromatic carbocycles. The molecule has 2 aromatic heterocycles. The summed E-state index contributed by atoms with van der Waals surface area (Å²) in [5.41, 5.74) is 6.75. The molecule has 2 N–H and O–H groups in total. The van der Waals surface area contributed by atoms with Gasteiger partial charge in [-0.05, 0) is 55.9 Å². The second-order valence-electron chi connectivity index (χ2n) is 8.72. The second kappa shape index (κ2) is 8.45. The number of aromatic amines is 1. The molecule has 1 aliphatic rings. The summed E-state index contributed by atoms with van der Waals surface area (Å²) in [6.07, 6.45) is 7.71. The number of quaternary nitrogens is 1. The molecule has 1 unspecified atom stereocenters. The topological polar surface area (TPSA) is 33.1 Å². The SMILES string of the molecule is Cc1[nH]c2ccccc2c1C(c1cccnc1)[NH+]1CCC(Cc2ccccc2)CC1. The molecule has 5 rings (SSSR count). The number of H-pyrrole nitrogens is 1. The van der Waals surface area contributed by atoms with Gasteiger partial charge in [0.2, 0.25) is 0 Å². The van der Waals surface area contributed by atoms with Crippen molar-refractivity contribution in [1.82, 2.24) is 9.97 Å². The van der Waals surface area contributed by atoms with Crippen LogP contribution in [-0.4, -0.2) is 23.1 Å². The lowest BCUT2D eigenvalue weighted by atomic mass is 9.87. The summed E-state index contributed by atoms with van der Waals surface area (Å²) in [5.74, 6) is 0.787. The van der Waals surface area contributed by atoms with E-state index in [1.807, 2.05) is 6.20 Å². The molecule has 3 heteroatoms. The van der Waals surface area contributed by atoms with E-state index in [4.69, 9.17) is 0 Å². The van der Waals surface area contributed by atoms with Crippen LogP contribution in [0.4, 0.5) is 0 Å². The maximum absolute atomic E-state index is 4.47. The third kappa shape index (κ3) is 3.78. The molecule has 0 spiro atoms. The number of nitrogens with zero attached hydrogens (tertiary/aromatic N) is 1. The van der Waals surface area contributed by atoms with E-state index in [0.29, 0.717) is 6.04 Å². The Labute approximate surface area is 178 Å². The van der Waals surface area contributed by atoms with Crippen molar-refractivity contribution < 1.29 is 4.90 Å². The summed E-state index contributed by atoms with van der Waals surface area (Å²) >= 11 is 0. The van der Waals surface area contributed by atoms with Gasteiger partial charge in [-0.2, -0.15) is 0 Å². The molecule has 1 fully saturated rings. The standard InChI is InChI=1S/C27H29N3/c1-20-26(24-11-5-6-12-25(24)29-20)27(23-10-7-15-28-19-23)30-16-13-22(14-17-30)18-21-8-3-2-4-9-21/h2-12,15,19,22,27,29H,13-14,16-18H2,1H3/p+1. The highest BCUT2D eigenvalue weighted by molar-refractivity contribution is 5.85. The van der Waals surface area contributed by atoms with Crippen molar-refractivity contribution in [3.05, 3.63) is 102 Å². The van der Waals surface area contributed by atoms with Crippen molar-refractivity contribution in [3.63, 3.8) is 0 Å². The summed E-state index contributed by atoms with van der Waals surface area (Å²) in [5, 5.41) is 1.35. The number of nitrogens with one attached hydrogen (secondary N) is 2. The van der Waals surface area contributed by atoms with Crippen molar-refractivity contribution in [3.8, 4) is 0 Å². The summed E-state index contributed by atoms with van der Waals surface area (Å²) in [6, 6.07) is 24.3. The molecule has 0 aliphatic carbocycles.